The van der Waals surface area contributed by atoms with Gasteiger partial charge in [0.05, 0.1) is 23.8 Å². The second-order valence-corrected chi connectivity index (χ2v) is 6.12. The van der Waals surface area contributed by atoms with Crippen molar-refractivity contribution in [2.75, 3.05) is 12.8 Å². The molecule has 0 spiro atoms. The van der Waals surface area contributed by atoms with E-state index >= 15 is 0 Å². The monoisotopic (exact) mass is 395 g/mol. The number of hydrogen-bond acceptors (Lipinski definition) is 3. The number of fused-ring (bicyclic) bond motifs is 1. The van der Waals surface area contributed by atoms with E-state index in [4.69, 9.17) is 10.5 Å². The molecule has 0 aliphatic heterocycles. The van der Waals surface area contributed by atoms with Crippen molar-refractivity contribution in [3.8, 4) is 11.4 Å². The molecule has 2 aromatic carbocycles. The highest BCUT2D eigenvalue weighted by molar-refractivity contribution is 9.10. The molecule has 102 valence electrons. The first kappa shape index (κ1) is 13.5. The minimum Gasteiger partial charge on any atom is -0.497 e. The van der Waals surface area contributed by atoms with Crippen LogP contribution in [-0.4, -0.2) is 16.7 Å². The molecule has 0 bridgehead atoms. The van der Waals surface area contributed by atoms with Crippen molar-refractivity contribution >= 4 is 48.8 Å². The van der Waals surface area contributed by atoms with Crippen molar-refractivity contribution < 1.29 is 4.74 Å². The summed E-state index contributed by atoms with van der Waals surface area (Å²) in [6, 6.07) is 11.7. The molecular formula is C14H11Br2N3O. The zero-order valence-corrected chi connectivity index (χ0v) is 13.8. The van der Waals surface area contributed by atoms with Crippen molar-refractivity contribution in [3.05, 3.63) is 45.3 Å². The third-order valence-corrected chi connectivity index (χ3v) is 3.94. The predicted octanol–water partition coefficient (Wildman–Crippen LogP) is 4.14. The van der Waals surface area contributed by atoms with E-state index in [0.717, 1.165) is 31.4 Å². The van der Waals surface area contributed by atoms with E-state index in [1.807, 2.05) is 41.0 Å². The Labute approximate surface area is 132 Å². The first-order valence-corrected chi connectivity index (χ1v) is 7.45. The maximum absolute atomic E-state index is 6.06. The highest BCUT2D eigenvalue weighted by Gasteiger charge is 2.11. The molecule has 0 saturated heterocycles. The summed E-state index contributed by atoms with van der Waals surface area (Å²) in [5.74, 6) is 1.20. The number of rotatable bonds is 2. The second-order valence-electron chi connectivity index (χ2n) is 4.29. The molecule has 1 heterocycles. The molecule has 4 nitrogen and oxygen atoms in total. The lowest BCUT2D eigenvalue weighted by Gasteiger charge is -2.09. The van der Waals surface area contributed by atoms with Gasteiger partial charge < -0.3 is 10.5 Å². The van der Waals surface area contributed by atoms with E-state index in [0.29, 0.717) is 5.95 Å². The van der Waals surface area contributed by atoms with Gasteiger partial charge in [0.1, 0.15) is 5.75 Å². The molecule has 3 rings (SSSR count). The Balaban J connectivity index is 2.29. The van der Waals surface area contributed by atoms with Gasteiger partial charge in [-0.25, -0.2) is 4.98 Å². The molecule has 6 heteroatoms. The Morgan fingerprint density at radius 1 is 1.10 bits per heavy atom. The number of nitrogens with zero attached hydrogens (tertiary/aromatic N) is 2. The zero-order chi connectivity index (χ0) is 14.3. The highest BCUT2D eigenvalue weighted by atomic mass is 79.9. The molecule has 0 amide bonds. The number of methoxy groups -OCH3 is 1. The number of aromatic nitrogens is 2. The van der Waals surface area contributed by atoms with Crippen LogP contribution in [-0.2, 0) is 0 Å². The highest BCUT2D eigenvalue weighted by Crippen LogP contribution is 2.29. The fourth-order valence-electron chi connectivity index (χ4n) is 2.14. The SMILES string of the molecule is COc1cc(Br)cc(-n2c(N)nc3cc(Br)ccc32)c1. The summed E-state index contributed by atoms with van der Waals surface area (Å²) in [4.78, 5) is 4.39. The summed E-state index contributed by atoms with van der Waals surface area (Å²) >= 11 is 6.92. The lowest BCUT2D eigenvalue weighted by molar-refractivity contribution is 0.414. The van der Waals surface area contributed by atoms with Gasteiger partial charge in [-0.3, -0.25) is 4.57 Å². The number of nitrogen functional groups attached to an aromatic ring is 1. The van der Waals surface area contributed by atoms with E-state index in [-0.39, 0.29) is 0 Å². The average Bonchev–Trinajstić information content (AvgIpc) is 2.72. The van der Waals surface area contributed by atoms with Gasteiger partial charge in [-0.2, -0.15) is 0 Å². The average molecular weight is 397 g/mol. The number of imidazole rings is 1. The van der Waals surface area contributed by atoms with Crippen LogP contribution < -0.4 is 10.5 Å². The molecule has 0 aliphatic rings. The van der Waals surface area contributed by atoms with Crippen LogP contribution in [0, 0.1) is 0 Å². The first-order valence-electron chi connectivity index (χ1n) is 5.87. The van der Waals surface area contributed by atoms with Gasteiger partial charge in [0.25, 0.3) is 0 Å². The summed E-state index contributed by atoms with van der Waals surface area (Å²) in [6.45, 7) is 0. The van der Waals surface area contributed by atoms with Crippen LogP contribution in [0.1, 0.15) is 0 Å². The van der Waals surface area contributed by atoms with Gasteiger partial charge >= 0.3 is 0 Å². The third-order valence-electron chi connectivity index (χ3n) is 2.99. The summed E-state index contributed by atoms with van der Waals surface area (Å²) in [5, 5.41) is 0. The molecule has 1 aromatic heterocycles. The summed E-state index contributed by atoms with van der Waals surface area (Å²) in [7, 11) is 1.64. The molecule has 2 N–H and O–H groups in total. The van der Waals surface area contributed by atoms with Crippen LogP contribution >= 0.6 is 31.9 Å². The van der Waals surface area contributed by atoms with Gasteiger partial charge in [-0.05, 0) is 30.3 Å². The zero-order valence-electron chi connectivity index (χ0n) is 10.6. The van der Waals surface area contributed by atoms with Gasteiger partial charge in [-0.15, -0.1) is 0 Å². The van der Waals surface area contributed by atoms with Gasteiger partial charge in [-0.1, -0.05) is 31.9 Å². The Morgan fingerprint density at radius 2 is 1.90 bits per heavy atom. The largest absolute Gasteiger partial charge is 0.497 e. The maximum Gasteiger partial charge on any atom is 0.205 e. The fourth-order valence-corrected chi connectivity index (χ4v) is 2.95. The van der Waals surface area contributed by atoms with Crippen LogP contribution in [0.5, 0.6) is 5.75 Å². The van der Waals surface area contributed by atoms with Gasteiger partial charge in [0.15, 0.2) is 0 Å². The molecule has 0 fully saturated rings. The molecule has 0 atom stereocenters. The Kier molecular flexibility index (Phi) is 3.43. The number of halogens is 2. The van der Waals surface area contributed by atoms with Crippen molar-refractivity contribution in [2.45, 2.75) is 0 Å². The molecule has 3 aromatic rings. The van der Waals surface area contributed by atoms with E-state index in [2.05, 4.69) is 36.8 Å². The van der Waals surface area contributed by atoms with E-state index in [1.165, 1.54) is 0 Å². The van der Waals surface area contributed by atoms with Crippen LogP contribution in [0.2, 0.25) is 0 Å². The van der Waals surface area contributed by atoms with E-state index < -0.39 is 0 Å². The van der Waals surface area contributed by atoms with Gasteiger partial charge in [0.2, 0.25) is 5.95 Å². The predicted molar refractivity (Wildman–Crippen MR) is 87.4 cm³/mol. The van der Waals surface area contributed by atoms with Crippen molar-refractivity contribution in [1.29, 1.82) is 0 Å². The van der Waals surface area contributed by atoms with Crippen LogP contribution in [0.25, 0.3) is 16.7 Å². The smallest absolute Gasteiger partial charge is 0.205 e. The molecule has 0 aliphatic carbocycles. The standard InChI is InChI=1S/C14H11Br2N3O/c1-20-11-5-9(16)4-10(7-11)19-13-3-2-8(15)6-12(13)18-14(19)17/h2-7H,1H3,(H2,17,18). The Bertz CT molecular complexity index is 798. The van der Waals surface area contributed by atoms with Crippen LogP contribution in [0.3, 0.4) is 0 Å². The summed E-state index contributed by atoms with van der Waals surface area (Å²) < 4.78 is 9.09. The molecule has 20 heavy (non-hydrogen) atoms. The van der Waals surface area contributed by atoms with Gasteiger partial charge in [0, 0.05) is 15.0 Å². The van der Waals surface area contributed by atoms with Crippen LogP contribution in [0.4, 0.5) is 5.95 Å². The lowest BCUT2D eigenvalue weighted by Crippen LogP contribution is -2.01. The number of benzene rings is 2. The first-order chi connectivity index (χ1) is 9.58. The summed E-state index contributed by atoms with van der Waals surface area (Å²) in [5.41, 5.74) is 8.75. The minimum absolute atomic E-state index is 0.443. The molecule has 0 radical (unpaired) electrons. The fraction of sp³-hybridized carbons (Fsp3) is 0.0714. The second kappa shape index (κ2) is 5.10. The normalized spacial score (nSPS) is 10.9. The van der Waals surface area contributed by atoms with Crippen LogP contribution in [0.15, 0.2) is 45.3 Å². The number of hydrogen-bond donors (Lipinski definition) is 1. The number of anilines is 1. The van der Waals surface area contributed by atoms with Crippen molar-refractivity contribution in [2.24, 2.45) is 0 Å². The molecule has 0 unspecified atom stereocenters. The number of nitrogens with two attached hydrogens (primary N) is 1. The maximum atomic E-state index is 6.06. The number of ether oxygens (including phenoxy) is 1. The van der Waals surface area contributed by atoms with E-state index in [1.54, 1.807) is 7.11 Å². The Morgan fingerprint density at radius 3 is 2.65 bits per heavy atom. The Hall–Kier alpha value is -1.53. The molecule has 0 saturated carbocycles. The topological polar surface area (TPSA) is 53.1 Å². The van der Waals surface area contributed by atoms with Crippen molar-refractivity contribution in [1.82, 2.24) is 9.55 Å². The lowest BCUT2D eigenvalue weighted by atomic mass is 10.2. The third kappa shape index (κ3) is 2.29. The summed E-state index contributed by atoms with van der Waals surface area (Å²) in [6.07, 6.45) is 0. The molecular weight excluding hydrogens is 386 g/mol. The van der Waals surface area contributed by atoms with E-state index in [9.17, 15) is 0 Å². The minimum atomic E-state index is 0.443. The quantitative estimate of drug-likeness (QED) is 0.708. The van der Waals surface area contributed by atoms with Crippen molar-refractivity contribution in [3.63, 3.8) is 0 Å².